The molecule has 8 heteroatoms. The van der Waals surface area contributed by atoms with Gasteiger partial charge in [0, 0.05) is 32.2 Å². The Morgan fingerprint density at radius 2 is 1.87 bits per heavy atom. The molecule has 1 aromatic heterocycles. The van der Waals surface area contributed by atoms with Crippen LogP contribution in [-0.4, -0.2) is 65.5 Å². The Hall–Kier alpha value is -2.71. The molecule has 31 heavy (non-hydrogen) atoms. The summed E-state index contributed by atoms with van der Waals surface area (Å²) in [6.07, 6.45) is 1.92. The van der Waals surface area contributed by atoms with Crippen molar-refractivity contribution in [2.45, 2.75) is 45.7 Å². The van der Waals surface area contributed by atoms with Crippen molar-refractivity contribution in [2.24, 2.45) is 0 Å². The lowest BCUT2D eigenvalue weighted by atomic mass is 10.0. The van der Waals surface area contributed by atoms with Gasteiger partial charge < -0.3 is 15.2 Å². The fourth-order valence-corrected chi connectivity index (χ4v) is 3.87. The van der Waals surface area contributed by atoms with E-state index < -0.39 is 0 Å². The zero-order valence-electron chi connectivity index (χ0n) is 18.6. The molecule has 2 atom stereocenters. The SMILES string of the molecule is CCCC(NC(=O)C(C)N1CCN(CC(=O)Nc2cc(C)on2)CC1)c1ccccc1. The Labute approximate surface area is 183 Å². The molecule has 8 nitrogen and oxygen atoms in total. The van der Waals surface area contributed by atoms with Gasteiger partial charge in [-0.05, 0) is 25.8 Å². The van der Waals surface area contributed by atoms with Gasteiger partial charge in [0.1, 0.15) is 5.76 Å². The molecule has 1 fully saturated rings. The van der Waals surface area contributed by atoms with Crippen molar-refractivity contribution >= 4 is 17.6 Å². The highest BCUT2D eigenvalue weighted by Gasteiger charge is 2.27. The van der Waals surface area contributed by atoms with E-state index in [0.717, 1.165) is 44.6 Å². The standard InChI is InChI=1S/C23H33N5O3/c1-4-8-20(19-9-6-5-7-10-19)24-23(30)18(3)28-13-11-27(12-14-28)16-22(29)25-21-15-17(2)31-26-21/h5-7,9-10,15,18,20H,4,8,11-14,16H2,1-3H3,(H,24,30)(H,25,26,29). The van der Waals surface area contributed by atoms with Gasteiger partial charge in [-0.25, -0.2) is 0 Å². The minimum atomic E-state index is -0.211. The average molecular weight is 428 g/mol. The van der Waals surface area contributed by atoms with Crippen LogP contribution in [0.2, 0.25) is 0 Å². The lowest BCUT2D eigenvalue weighted by Gasteiger charge is -2.37. The monoisotopic (exact) mass is 427 g/mol. The highest BCUT2D eigenvalue weighted by atomic mass is 16.5. The van der Waals surface area contributed by atoms with Crippen molar-refractivity contribution < 1.29 is 14.1 Å². The first kappa shape index (κ1) is 23.0. The summed E-state index contributed by atoms with van der Waals surface area (Å²) in [4.78, 5) is 29.4. The lowest BCUT2D eigenvalue weighted by Crippen LogP contribution is -2.55. The summed E-state index contributed by atoms with van der Waals surface area (Å²) >= 11 is 0. The first-order valence-electron chi connectivity index (χ1n) is 11.0. The van der Waals surface area contributed by atoms with Gasteiger partial charge >= 0.3 is 0 Å². The minimum Gasteiger partial charge on any atom is -0.360 e. The smallest absolute Gasteiger partial charge is 0.239 e. The van der Waals surface area contributed by atoms with Crippen molar-refractivity contribution in [3.63, 3.8) is 0 Å². The van der Waals surface area contributed by atoms with Gasteiger partial charge in [0.25, 0.3) is 0 Å². The Morgan fingerprint density at radius 1 is 1.16 bits per heavy atom. The molecule has 1 aliphatic heterocycles. The summed E-state index contributed by atoms with van der Waals surface area (Å²) in [5.74, 6) is 1.03. The number of amides is 2. The van der Waals surface area contributed by atoms with Crippen molar-refractivity contribution in [3.8, 4) is 0 Å². The molecule has 0 radical (unpaired) electrons. The molecule has 1 aromatic carbocycles. The molecule has 2 N–H and O–H groups in total. The fourth-order valence-electron chi connectivity index (χ4n) is 3.87. The number of nitrogens with zero attached hydrogens (tertiary/aromatic N) is 3. The van der Waals surface area contributed by atoms with E-state index >= 15 is 0 Å². The van der Waals surface area contributed by atoms with Crippen LogP contribution in [-0.2, 0) is 9.59 Å². The van der Waals surface area contributed by atoms with Gasteiger partial charge in [0.05, 0.1) is 18.6 Å². The molecule has 1 saturated heterocycles. The van der Waals surface area contributed by atoms with Gasteiger partial charge in [-0.1, -0.05) is 48.8 Å². The highest BCUT2D eigenvalue weighted by Crippen LogP contribution is 2.19. The maximum Gasteiger partial charge on any atom is 0.239 e. The van der Waals surface area contributed by atoms with Crippen LogP contribution in [0.15, 0.2) is 40.9 Å². The number of piperazine rings is 1. The summed E-state index contributed by atoms with van der Waals surface area (Å²) in [6.45, 7) is 9.13. The summed E-state index contributed by atoms with van der Waals surface area (Å²) in [5, 5.41) is 9.76. The number of benzene rings is 1. The topological polar surface area (TPSA) is 90.7 Å². The van der Waals surface area contributed by atoms with Gasteiger partial charge in [-0.2, -0.15) is 0 Å². The maximum atomic E-state index is 12.9. The van der Waals surface area contributed by atoms with Crippen molar-refractivity contribution in [1.82, 2.24) is 20.3 Å². The van der Waals surface area contributed by atoms with Crippen molar-refractivity contribution in [1.29, 1.82) is 0 Å². The molecule has 0 bridgehead atoms. The number of nitrogens with one attached hydrogen (secondary N) is 2. The minimum absolute atomic E-state index is 0.0336. The van der Waals surface area contributed by atoms with Crippen LogP contribution in [0.1, 0.15) is 44.1 Å². The zero-order valence-corrected chi connectivity index (χ0v) is 18.6. The van der Waals surface area contributed by atoms with E-state index in [1.165, 1.54) is 0 Å². The predicted octanol–water partition coefficient (Wildman–Crippen LogP) is 2.59. The molecular weight excluding hydrogens is 394 g/mol. The first-order valence-corrected chi connectivity index (χ1v) is 11.0. The van der Waals surface area contributed by atoms with Gasteiger partial charge in [-0.3, -0.25) is 19.4 Å². The average Bonchev–Trinajstić information content (AvgIpc) is 3.18. The molecule has 2 unspecified atom stereocenters. The molecule has 0 saturated carbocycles. The molecule has 2 amide bonds. The molecule has 2 heterocycles. The summed E-state index contributed by atoms with van der Waals surface area (Å²) in [7, 11) is 0. The third-order valence-corrected chi connectivity index (χ3v) is 5.69. The third-order valence-electron chi connectivity index (χ3n) is 5.69. The van der Waals surface area contributed by atoms with Gasteiger partial charge in [-0.15, -0.1) is 0 Å². The number of hydrogen-bond acceptors (Lipinski definition) is 6. The molecule has 0 aliphatic carbocycles. The normalized spacial score (nSPS) is 17.1. The molecule has 1 aliphatic rings. The summed E-state index contributed by atoms with van der Waals surface area (Å²) in [6, 6.07) is 11.6. The quantitative estimate of drug-likeness (QED) is 0.639. The fraction of sp³-hybridized carbons (Fsp3) is 0.522. The van der Waals surface area contributed by atoms with E-state index in [4.69, 9.17) is 4.52 Å². The maximum absolute atomic E-state index is 12.9. The van der Waals surface area contributed by atoms with E-state index in [1.807, 2.05) is 25.1 Å². The van der Waals surface area contributed by atoms with E-state index in [9.17, 15) is 9.59 Å². The number of anilines is 1. The number of aryl methyl sites for hydroxylation is 1. The van der Waals surface area contributed by atoms with Crippen LogP contribution in [0.3, 0.4) is 0 Å². The van der Waals surface area contributed by atoms with Gasteiger partial charge in [0.15, 0.2) is 5.82 Å². The summed E-state index contributed by atoms with van der Waals surface area (Å²) < 4.78 is 4.97. The first-order chi connectivity index (χ1) is 15.0. The van der Waals surface area contributed by atoms with Crippen LogP contribution < -0.4 is 10.6 Å². The second kappa shape index (κ2) is 11.1. The van der Waals surface area contributed by atoms with Crippen molar-refractivity contribution in [3.05, 3.63) is 47.7 Å². The van der Waals surface area contributed by atoms with E-state index in [1.54, 1.807) is 13.0 Å². The van der Waals surface area contributed by atoms with E-state index in [2.05, 4.69) is 44.6 Å². The van der Waals surface area contributed by atoms with E-state index in [0.29, 0.717) is 18.1 Å². The summed E-state index contributed by atoms with van der Waals surface area (Å²) in [5.41, 5.74) is 1.14. The molecule has 3 rings (SSSR count). The molecule has 168 valence electrons. The van der Waals surface area contributed by atoms with Crippen LogP contribution in [0.4, 0.5) is 5.82 Å². The number of hydrogen-bond donors (Lipinski definition) is 2. The van der Waals surface area contributed by atoms with Crippen LogP contribution in [0.5, 0.6) is 0 Å². The number of rotatable bonds is 9. The van der Waals surface area contributed by atoms with Gasteiger partial charge in [0.2, 0.25) is 11.8 Å². The Balaban J connectivity index is 1.45. The Kier molecular flexibility index (Phi) is 8.20. The van der Waals surface area contributed by atoms with Crippen molar-refractivity contribution in [2.75, 3.05) is 38.0 Å². The zero-order chi connectivity index (χ0) is 22.2. The van der Waals surface area contributed by atoms with Crippen LogP contribution in [0, 0.1) is 6.92 Å². The number of aromatic nitrogens is 1. The second-order valence-electron chi connectivity index (χ2n) is 8.12. The van der Waals surface area contributed by atoms with Crippen LogP contribution in [0.25, 0.3) is 0 Å². The lowest BCUT2D eigenvalue weighted by molar-refractivity contribution is -0.128. The number of carbonyl (C=O) groups excluding carboxylic acids is 2. The number of carbonyl (C=O) groups is 2. The Bertz CT molecular complexity index is 846. The predicted molar refractivity (Wildman–Crippen MR) is 120 cm³/mol. The molecular formula is C23H33N5O3. The highest BCUT2D eigenvalue weighted by molar-refractivity contribution is 5.91. The van der Waals surface area contributed by atoms with Crippen LogP contribution >= 0.6 is 0 Å². The largest absolute Gasteiger partial charge is 0.360 e. The molecule has 0 spiro atoms. The Morgan fingerprint density at radius 3 is 2.48 bits per heavy atom. The third kappa shape index (κ3) is 6.63. The molecule has 2 aromatic rings. The van der Waals surface area contributed by atoms with E-state index in [-0.39, 0.29) is 23.9 Å². The second-order valence-corrected chi connectivity index (χ2v) is 8.12.